The highest BCUT2D eigenvalue weighted by Crippen LogP contribution is 2.18. The molecule has 6 heteroatoms. The second kappa shape index (κ2) is 12.6. The topological polar surface area (TPSA) is 68.9 Å². The number of halogens is 1. The van der Waals surface area contributed by atoms with Gasteiger partial charge in [0.05, 0.1) is 13.2 Å². The molecule has 5 nitrogen and oxygen atoms in total. The van der Waals surface area contributed by atoms with Crippen molar-refractivity contribution in [1.29, 1.82) is 0 Å². The molecule has 0 aliphatic rings. The van der Waals surface area contributed by atoms with Gasteiger partial charge in [-0.1, -0.05) is 38.1 Å². The van der Waals surface area contributed by atoms with Gasteiger partial charge in [0.25, 0.3) is 0 Å². The lowest BCUT2D eigenvalue weighted by atomic mass is 10.0. The number of hydrogen-bond acceptors (Lipinski definition) is 3. The summed E-state index contributed by atoms with van der Waals surface area (Å²) in [7, 11) is 1.69. The zero-order valence-corrected chi connectivity index (χ0v) is 18.6. The molecule has 0 aliphatic heterocycles. The molecule has 0 aromatic heterocycles. The summed E-state index contributed by atoms with van der Waals surface area (Å²) in [6.07, 6.45) is 0.866. The number of guanidine groups is 1. The van der Waals surface area contributed by atoms with Crippen LogP contribution >= 0.6 is 24.0 Å². The summed E-state index contributed by atoms with van der Waals surface area (Å²) < 4.78 is 10.7. The Kier molecular flexibility index (Phi) is 10.8. The molecule has 2 aromatic rings. The van der Waals surface area contributed by atoms with Crippen LogP contribution in [0, 0.1) is 0 Å². The Labute approximate surface area is 179 Å². The first-order valence-corrected chi connectivity index (χ1v) is 8.96. The lowest BCUT2D eigenvalue weighted by Gasteiger charge is -2.10. The van der Waals surface area contributed by atoms with Gasteiger partial charge in [0, 0.05) is 25.8 Å². The molecule has 0 unspecified atom stereocenters. The molecule has 0 fully saturated rings. The Hall–Kier alpha value is -1.80. The molecule has 0 saturated heterocycles. The van der Waals surface area contributed by atoms with Crippen molar-refractivity contribution < 1.29 is 9.47 Å². The van der Waals surface area contributed by atoms with Crippen molar-refractivity contribution in [1.82, 2.24) is 0 Å². The Morgan fingerprint density at radius 1 is 1.11 bits per heavy atom. The maximum absolute atomic E-state index is 6.03. The zero-order valence-electron chi connectivity index (χ0n) is 16.3. The number of rotatable bonds is 9. The fourth-order valence-electron chi connectivity index (χ4n) is 2.47. The number of nitrogens with two attached hydrogens (primary N) is 1. The van der Waals surface area contributed by atoms with Crippen LogP contribution in [-0.4, -0.2) is 26.3 Å². The third kappa shape index (κ3) is 8.62. The second-order valence-electron chi connectivity index (χ2n) is 6.45. The molecule has 0 saturated carbocycles. The molecule has 0 spiro atoms. The molecule has 0 atom stereocenters. The van der Waals surface area contributed by atoms with Gasteiger partial charge < -0.3 is 20.5 Å². The van der Waals surface area contributed by atoms with Gasteiger partial charge in [-0.05, 0) is 41.3 Å². The quantitative estimate of drug-likeness (QED) is 0.233. The van der Waals surface area contributed by atoms with Gasteiger partial charge in [-0.2, -0.15) is 0 Å². The van der Waals surface area contributed by atoms with Crippen molar-refractivity contribution in [3.63, 3.8) is 0 Å². The predicted octanol–water partition coefficient (Wildman–Crippen LogP) is 4.77. The average molecular weight is 483 g/mol. The summed E-state index contributed by atoms with van der Waals surface area (Å²) in [5, 5.41) is 3.15. The van der Waals surface area contributed by atoms with Crippen LogP contribution in [0.4, 0.5) is 5.69 Å². The van der Waals surface area contributed by atoms with E-state index in [9.17, 15) is 0 Å². The third-order valence-corrected chi connectivity index (χ3v) is 3.92. The standard InChI is InChI=1S/C21H29N3O2.HI/c1-16(2)18-8-5-9-19(14-18)24-21(22)23-15-17-7-4-10-20(13-17)26-12-6-11-25-3;/h4-5,7-10,13-14,16H,6,11-12,15H2,1-3H3,(H3,22,23,24);1H. The van der Waals surface area contributed by atoms with E-state index in [2.05, 4.69) is 36.3 Å². The molecule has 0 amide bonds. The Bertz CT molecular complexity index is 720. The summed E-state index contributed by atoms with van der Waals surface area (Å²) in [5.74, 6) is 1.71. The highest BCUT2D eigenvalue weighted by atomic mass is 127. The van der Waals surface area contributed by atoms with E-state index in [0.29, 0.717) is 31.6 Å². The molecule has 148 valence electrons. The van der Waals surface area contributed by atoms with E-state index in [4.69, 9.17) is 15.2 Å². The molecule has 0 heterocycles. The van der Waals surface area contributed by atoms with Crippen molar-refractivity contribution >= 4 is 35.6 Å². The van der Waals surface area contributed by atoms with Crippen molar-refractivity contribution in [3.8, 4) is 5.75 Å². The lowest BCUT2D eigenvalue weighted by molar-refractivity contribution is 0.172. The molecular weight excluding hydrogens is 453 g/mol. The summed E-state index contributed by atoms with van der Waals surface area (Å²) in [4.78, 5) is 4.42. The number of methoxy groups -OCH3 is 1. The molecular formula is C21H30IN3O2. The second-order valence-corrected chi connectivity index (χ2v) is 6.45. The fourth-order valence-corrected chi connectivity index (χ4v) is 2.47. The Balaban J connectivity index is 0.00000364. The molecule has 0 aliphatic carbocycles. The molecule has 2 aromatic carbocycles. The molecule has 27 heavy (non-hydrogen) atoms. The average Bonchev–Trinajstić information content (AvgIpc) is 2.64. The maximum atomic E-state index is 6.03. The first kappa shape index (κ1) is 23.2. The van der Waals surface area contributed by atoms with E-state index in [0.717, 1.165) is 23.4 Å². The van der Waals surface area contributed by atoms with E-state index in [1.54, 1.807) is 7.11 Å². The first-order valence-electron chi connectivity index (χ1n) is 8.96. The number of aliphatic imine (C=N–C) groups is 1. The lowest BCUT2D eigenvalue weighted by Crippen LogP contribution is -2.22. The van der Waals surface area contributed by atoms with Gasteiger partial charge in [0.15, 0.2) is 5.96 Å². The largest absolute Gasteiger partial charge is 0.493 e. The minimum absolute atomic E-state index is 0. The number of hydrogen-bond donors (Lipinski definition) is 2. The summed E-state index contributed by atoms with van der Waals surface area (Å²) in [5.41, 5.74) is 9.29. The number of nitrogens with one attached hydrogen (secondary N) is 1. The van der Waals surface area contributed by atoms with Crippen LogP contribution in [0.25, 0.3) is 0 Å². The van der Waals surface area contributed by atoms with Gasteiger partial charge in [-0.15, -0.1) is 24.0 Å². The van der Waals surface area contributed by atoms with E-state index in [1.165, 1.54) is 5.56 Å². The van der Waals surface area contributed by atoms with Crippen molar-refractivity contribution in [2.45, 2.75) is 32.7 Å². The first-order chi connectivity index (χ1) is 12.6. The maximum Gasteiger partial charge on any atom is 0.193 e. The number of ether oxygens (including phenoxy) is 2. The van der Waals surface area contributed by atoms with Crippen LogP contribution < -0.4 is 15.8 Å². The van der Waals surface area contributed by atoms with E-state index >= 15 is 0 Å². The van der Waals surface area contributed by atoms with E-state index in [1.807, 2.05) is 36.4 Å². The normalized spacial score (nSPS) is 11.2. The van der Waals surface area contributed by atoms with Crippen LogP contribution in [0.1, 0.15) is 37.3 Å². The number of anilines is 1. The Morgan fingerprint density at radius 3 is 2.63 bits per heavy atom. The van der Waals surface area contributed by atoms with E-state index in [-0.39, 0.29) is 24.0 Å². The predicted molar refractivity (Wildman–Crippen MR) is 123 cm³/mol. The fraction of sp³-hybridized carbons (Fsp3) is 0.381. The van der Waals surface area contributed by atoms with Crippen LogP contribution in [-0.2, 0) is 11.3 Å². The number of benzene rings is 2. The monoisotopic (exact) mass is 483 g/mol. The molecule has 3 N–H and O–H groups in total. The Morgan fingerprint density at radius 2 is 1.89 bits per heavy atom. The SMILES string of the molecule is COCCCOc1cccc(CN=C(N)Nc2cccc(C(C)C)c2)c1.I. The van der Waals surface area contributed by atoms with Gasteiger partial charge in [-0.3, -0.25) is 0 Å². The third-order valence-electron chi connectivity index (χ3n) is 3.92. The van der Waals surface area contributed by atoms with Crippen molar-refractivity contribution in [3.05, 3.63) is 59.7 Å². The van der Waals surface area contributed by atoms with Gasteiger partial charge in [0.1, 0.15) is 5.75 Å². The smallest absolute Gasteiger partial charge is 0.193 e. The van der Waals surface area contributed by atoms with Gasteiger partial charge >= 0.3 is 0 Å². The van der Waals surface area contributed by atoms with Crippen LogP contribution in [0.15, 0.2) is 53.5 Å². The highest BCUT2D eigenvalue weighted by Gasteiger charge is 2.02. The minimum Gasteiger partial charge on any atom is -0.493 e. The van der Waals surface area contributed by atoms with Crippen LogP contribution in [0.5, 0.6) is 5.75 Å². The molecule has 0 bridgehead atoms. The number of nitrogens with zero attached hydrogens (tertiary/aromatic N) is 1. The van der Waals surface area contributed by atoms with Crippen molar-refractivity contribution in [2.75, 3.05) is 25.6 Å². The minimum atomic E-state index is 0. The molecule has 0 radical (unpaired) electrons. The van der Waals surface area contributed by atoms with E-state index < -0.39 is 0 Å². The van der Waals surface area contributed by atoms with Gasteiger partial charge in [0.2, 0.25) is 0 Å². The summed E-state index contributed by atoms with van der Waals surface area (Å²) in [6, 6.07) is 16.1. The van der Waals surface area contributed by atoms with Crippen molar-refractivity contribution in [2.24, 2.45) is 10.7 Å². The highest BCUT2D eigenvalue weighted by molar-refractivity contribution is 14.0. The van der Waals surface area contributed by atoms with Gasteiger partial charge in [-0.25, -0.2) is 4.99 Å². The van der Waals surface area contributed by atoms with Crippen LogP contribution in [0.3, 0.4) is 0 Å². The zero-order chi connectivity index (χ0) is 18.8. The summed E-state index contributed by atoms with van der Waals surface area (Å²) in [6.45, 7) is 6.17. The van der Waals surface area contributed by atoms with Crippen LogP contribution in [0.2, 0.25) is 0 Å². The molecule has 2 rings (SSSR count). The summed E-state index contributed by atoms with van der Waals surface area (Å²) >= 11 is 0.